The highest BCUT2D eigenvalue weighted by atomic mass is 16.5. The summed E-state index contributed by atoms with van der Waals surface area (Å²) in [7, 11) is 1.78. The lowest BCUT2D eigenvalue weighted by atomic mass is 9.93. The number of primary amides is 1. The largest absolute Gasteiger partial charge is 0.380 e. The van der Waals surface area contributed by atoms with Crippen LogP contribution in [0.25, 0.3) is 0 Å². The normalized spacial score (nSPS) is 23.8. The minimum absolute atomic E-state index is 0.250. The number of carbonyl (C=O) groups excluding carboxylic acids is 1. The fourth-order valence-electron chi connectivity index (χ4n) is 2.97. The third-order valence-corrected chi connectivity index (χ3v) is 4.10. The van der Waals surface area contributed by atoms with Crippen molar-refractivity contribution in [3.63, 3.8) is 0 Å². The average Bonchev–Trinajstić information content (AvgIpc) is 2.38. The first-order chi connectivity index (χ1) is 9.37. The summed E-state index contributed by atoms with van der Waals surface area (Å²) in [4.78, 5) is 14.1. The van der Waals surface area contributed by atoms with E-state index in [1.807, 2.05) is 20.8 Å². The Labute approximate surface area is 123 Å². The highest BCUT2D eigenvalue weighted by molar-refractivity contribution is 5.84. The van der Waals surface area contributed by atoms with Crippen molar-refractivity contribution in [2.75, 3.05) is 26.7 Å². The highest BCUT2D eigenvalue weighted by Gasteiger charge is 2.31. The summed E-state index contributed by atoms with van der Waals surface area (Å²) in [5.41, 5.74) is 4.94. The number of amides is 1. The Bertz CT molecular complexity index is 309. The van der Waals surface area contributed by atoms with Crippen LogP contribution in [0.5, 0.6) is 0 Å². The van der Waals surface area contributed by atoms with Crippen LogP contribution in [0, 0.1) is 0 Å². The molecule has 1 aliphatic rings. The molecule has 1 aliphatic heterocycles. The molecule has 0 bridgehead atoms. The van der Waals surface area contributed by atoms with Crippen LogP contribution in [-0.4, -0.2) is 55.2 Å². The van der Waals surface area contributed by atoms with E-state index >= 15 is 0 Å². The van der Waals surface area contributed by atoms with Crippen molar-refractivity contribution < 1.29 is 9.53 Å². The van der Waals surface area contributed by atoms with Gasteiger partial charge in [-0.25, -0.2) is 0 Å². The summed E-state index contributed by atoms with van der Waals surface area (Å²) in [6, 6.07) is 0.250. The zero-order valence-corrected chi connectivity index (χ0v) is 13.4. The molecule has 1 heterocycles. The smallest absolute Gasteiger partial charge is 0.237 e. The number of rotatable bonds is 8. The molecule has 0 aliphatic carbocycles. The lowest BCUT2D eigenvalue weighted by molar-refractivity contribution is -0.124. The topological polar surface area (TPSA) is 67.6 Å². The van der Waals surface area contributed by atoms with Crippen LogP contribution in [0.2, 0.25) is 0 Å². The Morgan fingerprint density at radius 1 is 1.55 bits per heavy atom. The molecule has 1 fully saturated rings. The number of hydrogen-bond acceptors (Lipinski definition) is 4. The summed E-state index contributed by atoms with van der Waals surface area (Å²) < 4.78 is 5.43. The molecule has 1 saturated heterocycles. The Balaban J connectivity index is 2.38. The molecular weight excluding hydrogens is 254 g/mol. The molecule has 0 radical (unpaired) electrons. The molecule has 5 heteroatoms. The predicted octanol–water partition coefficient (Wildman–Crippen LogP) is 1.12. The fraction of sp³-hybridized carbons (Fsp3) is 0.933. The number of likely N-dealkylation sites (tertiary alicyclic amines) is 1. The number of hydrogen-bond donors (Lipinski definition) is 2. The molecule has 0 aromatic rings. The van der Waals surface area contributed by atoms with E-state index in [9.17, 15) is 4.79 Å². The van der Waals surface area contributed by atoms with E-state index < -0.39 is 5.54 Å². The van der Waals surface area contributed by atoms with Gasteiger partial charge in [0.2, 0.25) is 5.91 Å². The van der Waals surface area contributed by atoms with E-state index in [0.29, 0.717) is 6.10 Å². The first-order valence-electron chi connectivity index (χ1n) is 7.70. The SMILES string of the molecule is COC1CCCN(CCCC(C)(NC(C)C)C(N)=O)C1. The third kappa shape index (κ3) is 5.38. The van der Waals surface area contributed by atoms with Crippen LogP contribution in [0.1, 0.15) is 46.5 Å². The number of ether oxygens (including phenoxy) is 1. The maximum absolute atomic E-state index is 11.7. The molecule has 1 amide bonds. The molecule has 3 N–H and O–H groups in total. The number of nitrogens with two attached hydrogens (primary N) is 1. The number of piperidine rings is 1. The van der Waals surface area contributed by atoms with Crippen LogP contribution < -0.4 is 11.1 Å². The van der Waals surface area contributed by atoms with Gasteiger partial charge in [0.05, 0.1) is 11.6 Å². The van der Waals surface area contributed by atoms with E-state index in [1.54, 1.807) is 7.11 Å². The Morgan fingerprint density at radius 3 is 2.80 bits per heavy atom. The second-order valence-corrected chi connectivity index (χ2v) is 6.40. The molecule has 5 nitrogen and oxygen atoms in total. The van der Waals surface area contributed by atoms with Crippen molar-refractivity contribution in [1.29, 1.82) is 0 Å². The number of nitrogens with zero attached hydrogens (tertiary/aromatic N) is 1. The molecule has 0 aromatic carbocycles. The van der Waals surface area contributed by atoms with Crippen LogP contribution >= 0.6 is 0 Å². The van der Waals surface area contributed by atoms with Gasteiger partial charge in [0.25, 0.3) is 0 Å². The van der Waals surface area contributed by atoms with Crippen LogP contribution in [0.4, 0.5) is 0 Å². The average molecular weight is 285 g/mol. The van der Waals surface area contributed by atoms with Crippen LogP contribution in [-0.2, 0) is 9.53 Å². The van der Waals surface area contributed by atoms with Gasteiger partial charge in [-0.05, 0) is 59.5 Å². The maximum atomic E-state index is 11.7. The summed E-state index contributed by atoms with van der Waals surface area (Å²) in [5.74, 6) is -0.264. The molecule has 118 valence electrons. The van der Waals surface area contributed by atoms with Gasteiger partial charge < -0.3 is 20.7 Å². The maximum Gasteiger partial charge on any atom is 0.237 e. The molecule has 1 rings (SSSR count). The van der Waals surface area contributed by atoms with Gasteiger partial charge in [0.1, 0.15) is 0 Å². The third-order valence-electron chi connectivity index (χ3n) is 4.10. The van der Waals surface area contributed by atoms with E-state index in [1.165, 1.54) is 6.42 Å². The van der Waals surface area contributed by atoms with E-state index in [0.717, 1.165) is 38.9 Å². The molecule has 0 saturated carbocycles. The second-order valence-electron chi connectivity index (χ2n) is 6.40. The Hall–Kier alpha value is -0.650. The highest BCUT2D eigenvalue weighted by Crippen LogP contribution is 2.17. The van der Waals surface area contributed by atoms with Gasteiger partial charge in [-0.15, -0.1) is 0 Å². The van der Waals surface area contributed by atoms with E-state index in [2.05, 4.69) is 10.2 Å². The van der Waals surface area contributed by atoms with Crippen molar-refractivity contribution in [1.82, 2.24) is 10.2 Å². The van der Waals surface area contributed by atoms with E-state index in [4.69, 9.17) is 10.5 Å². The van der Waals surface area contributed by atoms with Crippen molar-refractivity contribution in [3.05, 3.63) is 0 Å². The molecule has 2 atom stereocenters. The van der Waals surface area contributed by atoms with Gasteiger partial charge in [-0.3, -0.25) is 4.79 Å². The molecule has 0 spiro atoms. The van der Waals surface area contributed by atoms with Gasteiger partial charge in [-0.1, -0.05) is 0 Å². The van der Waals surface area contributed by atoms with Gasteiger partial charge >= 0.3 is 0 Å². The molecule has 0 aromatic heterocycles. The quantitative estimate of drug-likeness (QED) is 0.701. The number of carbonyl (C=O) groups is 1. The molecule has 20 heavy (non-hydrogen) atoms. The summed E-state index contributed by atoms with van der Waals surface area (Å²) >= 11 is 0. The minimum Gasteiger partial charge on any atom is -0.380 e. The van der Waals surface area contributed by atoms with Gasteiger partial charge in [0.15, 0.2) is 0 Å². The fourth-order valence-corrected chi connectivity index (χ4v) is 2.97. The first-order valence-corrected chi connectivity index (χ1v) is 7.70. The molecular formula is C15H31N3O2. The second kappa shape index (κ2) is 7.96. The summed E-state index contributed by atoms with van der Waals surface area (Å²) in [5, 5.41) is 3.30. The lowest BCUT2D eigenvalue weighted by Crippen LogP contribution is -2.55. The number of methoxy groups -OCH3 is 1. The minimum atomic E-state index is -0.607. The number of nitrogens with one attached hydrogen (secondary N) is 1. The van der Waals surface area contributed by atoms with Crippen molar-refractivity contribution in [3.8, 4) is 0 Å². The van der Waals surface area contributed by atoms with Gasteiger partial charge in [-0.2, -0.15) is 0 Å². The zero-order valence-electron chi connectivity index (χ0n) is 13.4. The monoisotopic (exact) mass is 285 g/mol. The predicted molar refractivity (Wildman–Crippen MR) is 81.6 cm³/mol. The van der Waals surface area contributed by atoms with Crippen molar-refractivity contribution >= 4 is 5.91 Å². The first kappa shape index (κ1) is 17.4. The lowest BCUT2D eigenvalue weighted by Gasteiger charge is -2.34. The summed E-state index contributed by atoms with van der Waals surface area (Å²) in [6.07, 6.45) is 4.45. The van der Waals surface area contributed by atoms with Gasteiger partial charge in [0, 0.05) is 19.7 Å². The van der Waals surface area contributed by atoms with Crippen molar-refractivity contribution in [2.24, 2.45) is 5.73 Å². The van der Waals surface area contributed by atoms with Crippen LogP contribution in [0.3, 0.4) is 0 Å². The van der Waals surface area contributed by atoms with Crippen molar-refractivity contribution in [2.45, 2.75) is 64.1 Å². The Kier molecular flexibility index (Phi) is 6.92. The zero-order chi connectivity index (χ0) is 15.2. The van der Waals surface area contributed by atoms with Crippen LogP contribution in [0.15, 0.2) is 0 Å². The molecule has 2 unspecified atom stereocenters. The summed E-state index contributed by atoms with van der Waals surface area (Å²) in [6.45, 7) is 9.11. The standard InChI is InChI=1S/C15H31N3O2/c1-12(2)17-15(3,14(16)19)8-6-10-18-9-5-7-13(11-18)20-4/h12-13,17H,5-11H2,1-4H3,(H2,16,19). The Morgan fingerprint density at radius 2 is 2.25 bits per heavy atom. The van der Waals surface area contributed by atoms with E-state index in [-0.39, 0.29) is 11.9 Å².